The van der Waals surface area contributed by atoms with Gasteiger partial charge >= 0.3 is 0 Å². The zero-order valence-corrected chi connectivity index (χ0v) is 48.2. The molecule has 12 N–H and O–H groups in total. The molecule has 3 fully saturated rings. The Hall–Kier alpha value is -1.21. The van der Waals surface area contributed by atoms with Gasteiger partial charge in [0.1, 0.15) is 73.2 Å². The third-order valence-electron chi connectivity index (χ3n) is 16.2. The van der Waals surface area contributed by atoms with Gasteiger partial charge < -0.3 is 89.9 Å². The fourth-order valence-corrected chi connectivity index (χ4v) is 11.0. The molecule has 0 bridgehead atoms. The van der Waals surface area contributed by atoms with Crippen molar-refractivity contribution in [3.05, 3.63) is 0 Å². The Morgan fingerprint density at radius 2 is 0.731 bits per heavy atom. The lowest BCUT2D eigenvalue weighted by atomic mass is 9.96. The SMILES string of the molecule is CCCCCCCCCCCCCCCCCCCCC(=O)NC(COC1OC(CO)C(OC2OC(CO)C(OC3OC(CO)C(O)C(O)C3O)C(O)C2O)C(O)C1O)C(O)CCCCCCCCCCCCCCCCC. The monoisotopic (exact) mass is 1120 g/mol. The molecule has 0 saturated carbocycles. The second-order valence-corrected chi connectivity index (χ2v) is 22.9. The number of unbranched alkanes of at least 4 members (excludes halogenated alkanes) is 31. The van der Waals surface area contributed by atoms with E-state index in [1.165, 1.54) is 161 Å². The summed E-state index contributed by atoms with van der Waals surface area (Å²) < 4.78 is 34.3. The fraction of sp³-hybridized carbons (Fsp3) is 0.983. The number of carbonyl (C=O) groups excluding carboxylic acids is 1. The second-order valence-electron chi connectivity index (χ2n) is 22.9. The highest BCUT2D eigenvalue weighted by Gasteiger charge is 2.53. The van der Waals surface area contributed by atoms with Gasteiger partial charge in [-0.1, -0.05) is 219 Å². The molecule has 3 aliphatic heterocycles. The van der Waals surface area contributed by atoms with Crippen molar-refractivity contribution in [1.82, 2.24) is 5.32 Å². The number of hydrogen-bond donors (Lipinski definition) is 12. The molecule has 3 saturated heterocycles. The van der Waals surface area contributed by atoms with E-state index in [0.29, 0.717) is 12.8 Å². The second kappa shape index (κ2) is 43.4. The van der Waals surface area contributed by atoms with Crippen LogP contribution in [0.15, 0.2) is 0 Å². The maximum atomic E-state index is 13.4. The smallest absolute Gasteiger partial charge is 0.220 e. The molecule has 19 heteroatoms. The van der Waals surface area contributed by atoms with Crippen LogP contribution >= 0.6 is 0 Å². The molecule has 19 nitrogen and oxygen atoms in total. The molecule has 78 heavy (non-hydrogen) atoms. The Bertz CT molecular complexity index is 1440. The quantitative estimate of drug-likeness (QED) is 0.0312. The molecule has 462 valence electrons. The molecule has 1 amide bonds. The van der Waals surface area contributed by atoms with Crippen molar-refractivity contribution in [1.29, 1.82) is 0 Å². The number of nitrogens with one attached hydrogen (secondary N) is 1. The molecule has 0 radical (unpaired) electrons. The van der Waals surface area contributed by atoms with Crippen LogP contribution in [0, 0.1) is 0 Å². The number of ether oxygens (including phenoxy) is 6. The Labute approximate surface area is 468 Å². The number of amides is 1. The molecule has 3 aliphatic rings. The normalized spacial score (nSPS) is 30.4. The molecule has 0 aromatic carbocycles. The van der Waals surface area contributed by atoms with Crippen LogP contribution < -0.4 is 5.32 Å². The van der Waals surface area contributed by atoms with Crippen molar-refractivity contribution < 1.29 is 89.4 Å². The van der Waals surface area contributed by atoms with E-state index < -0.39 is 124 Å². The van der Waals surface area contributed by atoms with Crippen molar-refractivity contribution in [3.8, 4) is 0 Å². The maximum absolute atomic E-state index is 13.4. The molecule has 3 heterocycles. The zero-order chi connectivity index (χ0) is 56.9. The Balaban J connectivity index is 1.48. The summed E-state index contributed by atoms with van der Waals surface area (Å²) in [5.74, 6) is -0.238. The van der Waals surface area contributed by atoms with Gasteiger partial charge in [0.2, 0.25) is 5.91 Å². The third kappa shape index (κ3) is 27.0. The van der Waals surface area contributed by atoms with E-state index in [2.05, 4.69) is 19.2 Å². The van der Waals surface area contributed by atoms with Crippen molar-refractivity contribution >= 4 is 5.91 Å². The van der Waals surface area contributed by atoms with Crippen molar-refractivity contribution in [3.63, 3.8) is 0 Å². The minimum atomic E-state index is -1.97. The van der Waals surface area contributed by atoms with Crippen molar-refractivity contribution in [2.24, 2.45) is 0 Å². The lowest BCUT2D eigenvalue weighted by Gasteiger charge is -2.48. The number of hydrogen-bond acceptors (Lipinski definition) is 18. The Morgan fingerprint density at radius 1 is 0.410 bits per heavy atom. The Morgan fingerprint density at radius 3 is 1.12 bits per heavy atom. The maximum Gasteiger partial charge on any atom is 0.220 e. The summed E-state index contributed by atoms with van der Waals surface area (Å²) in [6.45, 7) is 1.81. The molecule has 17 atom stereocenters. The average molecular weight is 1120 g/mol. The first kappa shape index (κ1) is 71.1. The largest absolute Gasteiger partial charge is 0.394 e. The molecule has 0 aromatic heterocycles. The number of aliphatic hydroxyl groups is 11. The van der Waals surface area contributed by atoms with Gasteiger partial charge in [-0.2, -0.15) is 0 Å². The first-order chi connectivity index (χ1) is 37.8. The Kier molecular flexibility index (Phi) is 39.6. The topological polar surface area (TPSA) is 307 Å². The van der Waals surface area contributed by atoms with E-state index in [1.807, 2.05) is 0 Å². The highest BCUT2D eigenvalue weighted by Crippen LogP contribution is 2.33. The number of carbonyl (C=O) groups is 1. The summed E-state index contributed by atoms with van der Waals surface area (Å²) in [5, 5.41) is 120. The predicted octanol–water partition coefficient (Wildman–Crippen LogP) is 5.99. The summed E-state index contributed by atoms with van der Waals surface area (Å²) in [6, 6.07) is -0.880. The molecule has 17 unspecified atom stereocenters. The van der Waals surface area contributed by atoms with E-state index in [0.717, 1.165) is 44.9 Å². The van der Waals surface area contributed by atoms with Gasteiger partial charge in [-0.25, -0.2) is 0 Å². The van der Waals surface area contributed by atoms with Crippen LogP contribution in [-0.2, 0) is 33.2 Å². The van der Waals surface area contributed by atoms with Crippen LogP contribution in [0.2, 0.25) is 0 Å². The van der Waals surface area contributed by atoms with Crippen molar-refractivity contribution in [2.75, 3.05) is 26.4 Å². The first-order valence-corrected chi connectivity index (χ1v) is 31.3. The summed E-state index contributed by atoms with van der Waals surface area (Å²) >= 11 is 0. The number of aliphatic hydroxyl groups excluding tert-OH is 11. The average Bonchev–Trinajstić information content (AvgIpc) is 3.48. The molecule has 0 aromatic rings. The number of rotatable bonds is 47. The lowest BCUT2D eigenvalue weighted by molar-refractivity contribution is -0.379. The molecule has 0 spiro atoms. The van der Waals surface area contributed by atoms with Crippen LogP contribution in [-0.4, -0.2) is 193 Å². The van der Waals surface area contributed by atoms with Gasteiger partial charge in [0, 0.05) is 6.42 Å². The van der Waals surface area contributed by atoms with Crippen LogP contribution in [0.4, 0.5) is 0 Å². The molecule has 3 rings (SSSR count). The zero-order valence-electron chi connectivity index (χ0n) is 48.2. The molecular formula is C59H113NO18. The van der Waals surface area contributed by atoms with Gasteiger partial charge in [0.15, 0.2) is 18.9 Å². The third-order valence-corrected chi connectivity index (χ3v) is 16.2. The highest BCUT2D eigenvalue weighted by atomic mass is 16.8. The van der Waals surface area contributed by atoms with Crippen LogP contribution in [0.1, 0.15) is 239 Å². The van der Waals surface area contributed by atoms with Crippen LogP contribution in [0.25, 0.3) is 0 Å². The highest BCUT2D eigenvalue weighted by molar-refractivity contribution is 5.76. The minimum absolute atomic E-state index is 0.238. The van der Waals surface area contributed by atoms with Crippen molar-refractivity contribution in [2.45, 2.75) is 343 Å². The van der Waals surface area contributed by atoms with E-state index in [4.69, 9.17) is 28.4 Å². The van der Waals surface area contributed by atoms with E-state index in [-0.39, 0.29) is 18.9 Å². The van der Waals surface area contributed by atoms with Crippen LogP contribution in [0.3, 0.4) is 0 Å². The van der Waals surface area contributed by atoms with Gasteiger partial charge in [-0.15, -0.1) is 0 Å². The van der Waals surface area contributed by atoms with E-state index >= 15 is 0 Å². The first-order valence-electron chi connectivity index (χ1n) is 31.3. The lowest BCUT2D eigenvalue weighted by Crippen LogP contribution is -2.66. The fourth-order valence-electron chi connectivity index (χ4n) is 11.0. The summed E-state index contributed by atoms with van der Waals surface area (Å²) in [7, 11) is 0. The van der Waals surface area contributed by atoms with E-state index in [1.54, 1.807) is 0 Å². The molecular weight excluding hydrogens is 1010 g/mol. The van der Waals surface area contributed by atoms with Gasteiger partial charge in [-0.3, -0.25) is 4.79 Å². The van der Waals surface area contributed by atoms with Gasteiger partial charge in [-0.05, 0) is 12.8 Å². The minimum Gasteiger partial charge on any atom is -0.394 e. The summed E-state index contributed by atoms with van der Waals surface area (Å²) in [5.41, 5.74) is 0. The predicted molar refractivity (Wildman–Crippen MR) is 296 cm³/mol. The summed E-state index contributed by atoms with van der Waals surface area (Å²) in [4.78, 5) is 13.4. The van der Waals surface area contributed by atoms with Gasteiger partial charge in [0.25, 0.3) is 0 Å². The molecule has 0 aliphatic carbocycles. The van der Waals surface area contributed by atoms with Gasteiger partial charge in [0.05, 0.1) is 38.6 Å². The standard InChI is InChI=1S/C59H113NO18/c1-3-5-7-9-11-13-15-17-19-20-21-23-25-27-29-31-33-35-37-47(65)60-42(43(64)36-34-32-30-28-26-24-22-18-16-14-12-10-8-6-4-2)41-73-57-53(71)50(68)55(45(39-62)75-57)78-59-54(72)51(69)56(46(40-63)76-59)77-58-52(70)49(67)48(66)44(38-61)74-58/h42-46,48-59,61-64,66-72H,3-41H2,1-2H3,(H,60,65). The summed E-state index contributed by atoms with van der Waals surface area (Å²) in [6.07, 6.45) is 14.6. The van der Waals surface area contributed by atoms with Crippen LogP contribution in [0.5, 0.6) is 0 Å². The van der Waals surface area contributed by atoms with E-state index in [9.17, 15) is 61.0 Å².